The third kappa shape index (κ3) is 0.775. The fourth-order valence-electron chi connectivity index (χ4n) is 1.66. The summed E-state index contributed by atoms with van der Waals surface area (Å²) in [4.78, 5) is 21.0. The molecule has 3 heteroatoms. The molecule has 0 aromatic carbocycles. The van der Waals surface area contributed by atoms with Gasteiger partial charge in [0.15, 0.2) is 6.29 Å². The molecule has 11 heavy (non-hydrogen) atoms. The monoisotopic (exact) mass is 152 g/mol. The smallest absolute Gasteiger partial charge is 0.155 e. The second kappa shape index (κ2) is 2.01. The van der Waals surface area contributed by atoms with Crippen molar-refractivity contribution in [3.05, 3.63) is 12.2 Å². The van der Waals surface area contributed by atoms with Gasteiger partial charge < -0.3 is 9.53 Å². The molecule has 2 aliphatic heterocycles. The minimum absolute atomic E-state index is 0.120. The molecule has 1 fully saturated rings. The van der Waals surface area contributed by atoms with Gasteiger partial charge >= 0.3 is 0 Å². The van der Waals surface area contributed by atoms with Crippen molar-refractivity contribution >= 4 is 12.6 Å². The van der Waals surface area contributed by atoms with Gasteiger partial charge in [0.1, 0.15) is 11.9 Å². The Morgan fingerprint density at radius 3 is 2.82 bits per heavy atom. The summed E-state index contributed by atoms with van der Waals surface area (Å²) in [5, 5.41) is 0. The van der Waals surface area contributed by atoms with Crippen LogP contribution in [0.25, 0.3) is 0 Å². The van der Waals surface area contributed by atoms with Gasteiger partial charge in [-0.25, -0.2) is 0 Å². The number of carbonyl (C=O) groups is 2. The van der Waals surface area contributed by atoms with E-state index in [-0.39, 0.29) is 12.0 Å². The van der Waals surface area contributed by atoms with Gasteiger partial charge in [-0.3, -0.25) is 4.79 Å². The lowest BCUT2D eigenvalue weighted by atomic mass is 9.88. The van der Waals surface area contributed by atoms with Gasteiger partial charge in [0.05, 0.1) is 6.10 Å². The zero-order chi connectivity index (χ0) is 7.90. The summed E-state index contributed by atoms with van der Waals surface area (Å²) in [7, 11) is 0. The largest absolute Gasteiger partial charge is 0.355 e. The van der Waals surface area contributed by atoms with Crippen molar-refractivity contribution in [3.63, 3.8) is 0 Å². The molecule has 2 rings (SSSR count). The van der Waals surface area contributed by atoms with E-state index in [0.29, 0.717) is 6.42 Å². The Balaban J connectivity index is 2.28. The molecule has 0 saturated carbocycles. The first-order chi connectivity index (χ1) is 5.29. The van der Waals surface area contributed by atoms with E-state index in [4.69, 9.17) is 4.74 Å². The summed E-state index contributed by atoms with van der Waals surface area (Å²) in [6, 6.07) is 0. The maximum atomic E-state index is 10.6. The Morgan fingerprint density at radius 1 is 1.55 bits per heavy atom. The van der Waals surface area contributed by atoms with Crippen LogP contribution in [0.15, 0.2) is 12.2 Å². The fraction of sp³-hybridized carbons (Fsp3) is 0.500. The highest BCUT2D eigenvalue weighted by atomic mass is 16.5. The second-order valence-electron chi connectivity index (χ2n) is 3.02. The molecule has 2 bridgehead atoms. The van der Waals surface area contributed by atoms with Crippen LogP contribution in [0.2, 0.25) is 0 Å². The Hall–Kier alpha value is -0.960. The lowest BCUT2D eigenvalue weighted by Gasteiger charge is -2.12. The van der Waals surface area contributed by atoms with E-state index in [9.17, 15) is 9.59 Å². The molecule has 58 valence electrons. The van der Waals surface area contributed by atoms with E-state index >= 15 is 0 Å². The predicted octanol–water partition coefficient (Wildman–Crippen LogP) is 0.0979. The highest BCUT2D eigenvalue weighted by Crippen LogP contribution is 2.39. The van der Waals surface area contributed by atoms with E-state index in [1.807, 2.05) is 0 Å². The number of ether oxygens (including phenoxy) is 1. The Morgan fingerprint density at radius 2 is 2.36 bits per heavy atom. The average molecular weight is 152 g/mol. The minimum atomic E-state index is -0.768. The van der Waals surface area contributed by atoms with Crippen LogP contribution in [0.4, 0.5) is 0 Å². The zero-order valence-electron chi connectivity index (χ0n) is 5.90. The fourth-order valence-corrected chi connectivity index (χ4v) is 1.66. The van der Waals surface area contributed by atoms with Crippen LogP contribution < -0.4 is 0 Å². The molecule has 3 nitrogen and oxygen atoms in total. The molecular formula is C8H8O3. The maximum absolute atomic E-state index is 10.6. The average Bonchev–Trinajstić information content (AvgIpc) is 2.61. The van der Waals surface area contributed by atoms with Gasteiger partial charge in [-0.15, -0.1) is 0 Å². The Kier molecular flexibility index (Phi) is 1.23. The molecule has 0 aliphatic carbocycles. The van der Waals surface area contributed by atoms with Crippen LogP contribution in [-0.2, 0) is 14.3 Å². The molecule has 0 N–H and O–H groups in total. The second-order valence-corrected chi connectivity index (χ2v) is 3.02. The first-order valence-electron chi connectivity index (χ1n) is 3.58. The van der Waals surface area contributed by atoms with E-state index in [1.54, 1.807) is 12.2 Å². The lowest BCUT2D eigenvalue weighted by Crippen LogP contribution is -2.25. The number of hydrogen-bond donors (Lipinski definition) is 0. The molecule has 3 unspecified atom stereocenters. The van der Waals surface area contributed by atoms with Crippen molar-refractivity contribution in [3.8, 4) is 0 Å². The lowest BCUT2D eigenvalue weighted by molar-refractivity contribution is -0.121. The highest BCUT2D eigenvalue weighted by Gasteiger charge is 2.48. The molecule has 1 saturated heterocycles. The number of aldehydes is 2. The van der Waals surface area contributed by atoms with Crippen molar-refractivity contribution < 1.29 is 14.3 Å². The van der Waals surface area contributed by atoms with Gasteiger partial charge in [-0.05, 0) is 12.5 Å². The SMILES string of the molecule is O=CC1CC2(C=O)C=CC1O2. The van der Waals surface area contributed by atoms with Crippen LogP contribution in [0.5, 0.6) is 0 Å². The third-order valence-electron chi connectivity index (χ3n) is 2.27. The molecule has 2 heterocycles. The topological polar surface area (TPSA) is 43.4 Å². The maximum Gasteiger partial charge on any atom is 0.155 e. The number of fused-ring (bicyclic) bond motifs is 2. The van der Waals surface area contributed by atoms with Crippen molar-refractivity contribution in [1.29, 1.82) is 0 Å². The molecule has 0 radical (unpaired) electrons. The number of rotatable bonds is 2. The first-order valence-corrected chi connectivity index (χ1v) is 3.58. The van der Waals surface area contributed by atoms with Gasteiger partial charge in [-0.1, -0.05) is 6.08 Å². The summed E-state index contributed by atoms with van der Waals surface area (Å²) in [6.07, 6.45) is 5.52. The first kappa shape index (κ1) is 6.73. The molecular weight excluding hydrogens is 144 g/mol. The molecule has 0 aromatic heterocycles. The van der Waals surface area contributed by atoms with Crippen LogP contribution in [0.1, 0.15) is 6.42 Å². The van der Waals surface area contributed by atoms with Crippen LogP contribution in [0, 0.1) is 5.92 Å². The van der Waals surface area contributed by atoms with Gasteiger partial charge in [0.25, 0.3) is 0 Å². The standard InChI is InChI=1S/C8H8O3/c9-4-6-3-8(5-10)2-1-7(6)11-8/h1-2,4-7H,3H2. The van der Waals surface area contributed by atoms with Gasteiger partial charge in [0.2, 0.25) is 0 Å². The summed E-state index contributed by atoms with van der Waals surface area (Å²) < 4.78 is 5.30. The number of carbonyl (C=O) groups excluding carboxylic acids is 2. The molecule has 0 aromatic rings. The quantitative estimate of drug-likeness (QED) is 0.416. The van der Waals surface area contributed by atoms with Crippen molar-refractivity contribution in [2.24, 2.45) is 5.92 Å². The summed E-state index contributed by atoms with van der Waals surface area (Å²) in [5.41, 5.74) is -0.768. The van der Waals surface area contributed by atoms with Crippen molar-refractivity contribution in [2.45, 2.75) is 18.1 Å². The zero-order valence-corrected chi connectivity index (χ0v) is 5.90. The minimum Gasteiger partial charge on any atom is -0.355 e. The molecule has 2 aliphatic rings. The van der Waals surface area contributed by atoms with Crippen molar-refractivity contribution in [2.75, 3.05) is 0 Å². The van der Waals surface area contributed by atoms with Crippen LogP contribution in [0.3, 0.4) is 0 Å². The highest BCUT2D eigenvalue weighted by molar-refractivity contribution is 5.72. The Bertz CT molecular complexity index is 233. The van der Waals surface area contributed by atoms with E-state index in [1.165, 1.54) is 0 Å². The Labute approximate surface area is 64.0 Å². The van der Waals surface area contributed by atoms with Crippen LogP contribution in [-0.4, -0.2) is 24.3 Å². The van der Waals surface area contributed by atoms with E-state index in [0.717, 1.165) is 12.6 Å². The normalized spacial score (nSPS) is 46.2. The summed E-state index contributed by atoms with van der Waals surface area (Å²) in [5.74, 6) is -0.120. The van der Waals surface area contributed by atoms with Crippen molar-refractivity contribution in [1.82, 2.24) is 0 Å². The van der Waals surface area contributed by atoms with E-state index < -0.39 is 5.60 Å². The van der Waals surface area contributed by atoms with Gasteiger partial charge in [-0.2, -0.15) is 0 Å². The molecule has 3 atom stereocenters. The predicted molar refractivity (Wildman–Crippen MR) is 37.0 cm³/mol. The summed E-state index contributed by atoms with van der Waals surface area (Å²) >= 11 is 0. The summed E-state index contributed by atoms with van der Waals surface area (Å²) in [6.45, 7) is 0. The van der Waals surface area contributed by atoms with Crippen LogP contribution >= 0.6 is 0 Å². The van der Waals surface area contributed by atoms with E-state index in [2.05, 4.69) is 0 Å². The number of hydrogen-bond acceptors (Lipinski definition) is 3. The molecule has 0 amide bonds. The third-order valence-corrected chi connectivity index (χ3v) is 2.27. The van der Waals surface area contributed by atoms with Gasteiger partial charge in [0, 0.05) is 5.92 Å². The molecule has 0 spiro atoms.